The Kier molecular flexibility index (Phi) is 5.05. The molecule has 1 atom stereocenters. The van der Waals surface area contributed by atoms with E-state index in [1.165, 1.54) is 6.07 Å². The van der Waals surface area contributed by atoms with Gasteiger partial charge in [0.1, 0.15) is 5.82 Å². The number of ether oxygens (including phenoxy) is 1. The van der Waals surface area contributed by atoms with Gasteiger partial charge in [0.2, 0.25) is 0 Å². The number of benzene rings is 1. The third kappa shape index (κ3) is 3.60. The maximum absolute atomic E-state index is 13.7. The maximum atomic E-state index is 13.7. The number of hydrogen-bond acceptors (Lipinski definition) is 3. The quantitative estimate of drug-likeness (QED) is 0.858. The second-order valence-corrected chi connectivity index (χ2v) is 5.76. The van der Waals surface area contributed by atoms with Gasteiger partial charge in [-0.2, -0.15) is 0 Å². The van der Waals surface area contributed by atoms with Crippen molar-refractivity contribution in [2.24, 2.45) is 0 Å². The van der Waals surface area contributed by atoms with Crippen LogP contribution in [0.2, 0.25) is 0 Å². The number of nitrogens with zero attached hydrogens (tertiary/aromatic N) is 1. The molecule has 3 nitrogen and oxygen atoms in total. The first-order valence-electron chi connectivity index (χ1n) is 6.73. The summed E-state index contributed by atoms with van der Waals surface area (Å²) < 4.78 is 19.9. The van der Waals surface area contributed by atoms with Crippen LogP contribution in [0.1, 0.15) is 26.2 Å². The molecule has 1 saturated heterocycles. The van der Waals surface area contributed by atoms with Crippen LogP contribution in [0.4, 0.5) is 15.8 Å². The summed E-state index contributed by atoms with van der Waals surface area (Å²) in [5, 5.41) is 0. The highest BCUT2D eigenvalue weighted by Crippen LogP contribution is 2.31. The van der Waals surface area contributed by atoms with Crippen LogP contribution in [0.3, 0.4) is 0 Å². The van der Waals surface area contributed by atoms with Crippen LogP contribution >= 0.6 is 15.9 Å². The Balaban J connectivity index is 2.10. The lowest BCUT2D eigenvalue weighted by Gasteiger charge is -2.35. The summed E-state index contributed by atoms with van der Waals surface area (Å²) in [6.45, 7) is 4.56. The fourth-order valence-electron chi connectivity index (χ4n) is 2.40. The fourth-order valence-corrected chi connectivity index (χ4v) is 2.76. The zero-order valence-electron chi connectivity index (χ0n) is 11.2. The van der Waals surface area contributed by atoms with Gasteiger partial charge in [-0.3, -0.25) is 0 Å². The summed E-state index contributed by atoms with van der Waals surface area (Å²) >= 11 is 3.15. The van der Waals surface area contributed by atoms with Gasteiger partial charge in [-0.05, 0) is 41.3 Å². The first-order valence-corrected chi connectivity index (χ1v) is 7.52. The molecule has 1 aromatic carbocycles. The third-order valence-electron chi connectivity index (χ3n) is 3.35. The van der Waals surface area contributed by atoms with Gasteiger partial charge < -0.3 is 15.4 Å². The van der Waals surface area contributed by atoms with E-state index in [9.17, 15) is 4.39 Å². The minimum absolute atomic E-state index is 0.222. The molecule has 1 aromatic rings. The molecule has 0 aliphatic carbocycles. The summed E-state index contributed by atoms with van der Waals surface area (Å²) in [6, 6.07) is 3.13. The Labute approximate surface area is 122 Å². The molecule has 1 unspecified atom stereocenters. The second kappa shape index (κ2) is 6.57. The monoisotopic (exact) mass is 330 g/mol. The molecule has 1 aliphatic rings. The van der Waals surface area contributed by atoms with Crippen LogP contribution in [-0.2, 0) is 4.74 Å². The SMILES string of the molecule is CCCOC1CCCN(c2cc(F)c(Br)cc2N)C1. The molecule has 0 bridgehead atoms. The van der Waals surface area contributed by atoms with E-state index in [0.717, 1.165) is 44.6 Å². The molecule has 2 N–H and O–H groups in total. The molecule has 0 saturated carbocycles. The Bertz CT molecular complexity index is 442. The van der Waals surface area contributed by atoms with Crippen LogP contribution in [0, 0.1) is 5.82 Å². The van der Waals surface area contributed by atoms with Crippen molar-refractivity contribution >= 4 is 27.3 Å². The zero-order chi connectivity index (χ0) is 13.8. The van der Waals surface area contributed by atoms with E-state index < -0.39 is 0 Å². The van der Waals surface area contributed by atoms with Crippen LogP contribution in [0.5, 0.6) is 0 Å². The Morgan fingerprint density at radius 3 is 3.05 bits per heavy atom. The van der Waals surface area contributed by atoms with Crippen LogP contribution in [-0.4, -0.2) is 25.8 Å². The number of hydrogen-bond donors (Lipinski definition) is 1. The van der Waals surface area contributed by atoms with Crippen molar-refractivity contribution in [1.82, 2.24) is 0 Å². The minimum atomic E-state index is -0.277. The van der Waals surface area contributed by atoms with Gasteiger partial charge in [0.25, 0.3) is 0 Å². The van der Waals surface area contributed by atoms with E-state index in [1.807, 2.05) is 0 Å². The van der Waals surface area contributed by atoms with Gasteiger partial charge in [-0.25, -0.2) is 4.39 Å². The topological polar surface area (TPSA) is 38.5 Å². The number of nitrogen functional groups attached to an aromatic ring is 1. The van der Waals surface area contributed by atoms with Crippen molar-refractivity contribution in [1.29, 1.82) is 0 Å². The van der Waals surface area contributed by atoms with Crippen molar-refractivity contribution in [2.45, 2.75) is 32.3 Å². The molecule has 0 aromatic heterocycles. The van der Waals surface area contributed by atoms with Crippen molar-refractivity contribution in [2.75, 3.05) is 30.3 Å². The normalized spacial score (nSPS) is 19.7. The number of nitrogens with two attached hydrogens (primary N) is 1. The number of anilines is 2. The van der Waals surface area contributed by atoms with Crippen molar-refractivity contribution in [3.8, 4) is 0 Å². The maximum Gasteiger partial charge on any atom is 0.139 e. The number of rotatable bonds is 4. The largest absolute Gasteiger partial charge is 0.397 e. The van der Waals surface area contributed by atoms with E-state index in [-0.39, 0.29) is 11.9 Å². The molecule has 0 spiro atoms. The lowest BCUT2D eigenvalue weighted by atomic mass is 10.1. The van der Waals surface area contributed by atoms with Crippen molar-refractivity contribution in [3.63, 3.8) is 0 Å². The third-order valence-corrected chi connectivity index (χ3v) is 3.95. The predicted molar refractivity (Wildman–Crippen MR) is 80.0 cm³/mol. The summed E-state index contributed by atoms with van der Waals surface area (Å²) in [4.78, 5) is 2.12. The highest BCUT2D eigenvalue weighted by atomic mass is 79.9. The minimum Gasteiger partial charge on any atom is -0.397 e. The van der Waals surface area contributed by atoms with Gasteiger partial charge in [0.05, 0.1) is 22.0 Å². The second-order valence-electron chi connectivity index (χ2n) is 4.91. The van der Waals surface area contributed by atoms with Gasteiger partial charge in [-0.15, -0.1) is 0 Å². The van der Waals surface area contributed by atoms with Crippen molar-refractivity contribution < 1.29 is 9.13 Å². The Morgan fingerprint density at radius 2 is 2.32 bits per heavy atom. The van der Waals surface area contributed by atoms with E-state index >= 15 is 0 Å². The van der Waals surface area contributed by atoms with E-state index in [0.29, 0.717) is 10.2 Å². The van der Waals surface area contributed by atoms with Crippen molar-refractivity contribution in [3.05, 3.63) is 22.4 Å². The fraction of sp³-hybridized carbons (Fsp3) is 0.571. The molecule has 19 heavy (non-hydrogen) atoms. The lowest BCUT2D eigenvalue weighted by molar-refractivity contribution is 0.0441. The number of halogens is 2. The average Bonchev–Trinajstić information content (AvgIpc) is 2.41. The first kappa shape index (κ1) is 14.6. The van der Waals surface area contributed by atoms with E-state index in [2.05, 4.69) is 27.8 Å². The van der Waals surface area contributed by atoms with E-state index in [4.69, 9.17) is 10.5 Å². The molecule has 1 fully saturated rings. The molecular formula is C14H20BrFN2O. The smallest absolute Gasteiger partial charge is 0.139 e. The molecule has 106 valence electrons. The van der Waals surface area contributed by atoms with Crippen LogP contribution < -0.4 is 10.6 Å². The summed E-state index contributed by atoms with van der Waals surface area (Å²) in [6.07, 6.45) is 3.35. The molecule has 1 aliphatic heterocycles. The van der Waals surface area contributed by atoms with Gasteiger partial charge in [0, 0.05) is 25.8 Å². The summed E-state index contributed by atoms with van der Waals surface area (Å²) in [5.41, 5.74) is 7.36. The molecule has 5 heteroatoms. The number of piperidine rings is 1. The van der Waals surface area contributed by atoms with Gasteiger partial charge in [0.15, 0.2) is 0 Å². The lowest BCUT2D eigenvalue weighted by Crippen LogP contribution is -2.40. The Hall–Kier alpha value is -0.810. The zero-order valence-corrected chi connectivity index (χ0v) is 12.7. The summed E-state index contributed by atoms with van der Waals surface area (Å²) in [5.74, 6) is -0.277. The van der Waals surface area contributed by atoms with Crippen LogP contribution in [0.25, 0.3) is 0 Å². The molecule has 1 heterocycles. The van der Waals surface area contributed by atoms with Crippen LogP contribution in [0.15, 0.2) is 16.6 Å². The highest BCUT2D eigenvalue weighted by molar-refractivity contribution is 9.10. The first-order chi connectivity index (χ1) is 9.11. The Morgan fingerprint density at radius 1 is 1.53 bits per heavy atom. The molecule has 0 amide bonds. The average molecular weight is 331 g/mol. The van der Waals surface area contributed by atoms with E-state index in [1.54, 1.807) is 6.07 Å². The molecule has 0 radical (unpaired) electrons. The summed E-state index contributed by atoms with van der Waals surface area (Å²) in [7, 11) is 0. The highest BCUT2D eigenvalue weighted by Gasteiger charge is 2.22. The predicted octanol–water partition coefficient (Wildman–Crippen LogP) is 3.57. The molecule has 2 rings (SSSR count). The standard InChI is InChI=1S/C14H20BrFN2O/c1-2-6-19-10-4-3-5-18(9-10)14-8-12(16)11(15)7-13(14)17/h7-8,10H,2-6,9,17H2,1H3. The van der Waals surface area contributed by atoms with Gasteiger partial charge in [-0.1, -0.05) is 6.92 Å². The van der Waals surface area contributed by atoms with Gasteiger partial charge >= 0.3 is 0 Å². The molecular weight excluding hydrogens is 311 g/mol.